The van der Waals surface area contributed by atoms with E-state index < -0.39 is 11.2 Å². The Kier molecular flexibility index (Phi) is 9.47. The van der Waals surface area contributed by atoms with Crippen LogP contribution >= 0.6 is 0 Å². The van der Waals surface area contributed by atoms with E-state index in [4.69, 9.17) is 15.1 Å². The highest BCUT2D eigenvalue weighted by Crippen LogP contribution is 2.42. The van der Waals surface area contributed by atoms with E-state index in [0.29, 0.717) is 80.4 Å². The van der Waals surface area contributed by atoms with Crippen molar-refractivity contribution in [2.45, 2.75) is 46.1 Å². The van der Waals surface area contributed by atoms with Crippen molar-refractivity contribution in [1.29, 1.82) is 5.41 Å². The van der Waals surface area contributed by atoms with Crippen LogP contribution in [-0.4, -0.2) is 92.4 Å². The summed E-state index contributed by atoms with van der Waals surface area (Å²) in [5.41, 5.74) is 3.06. The third-order valence-corrected chi connectivity index (χ3v) is 10.2. The Morgan fingerprint density at radius 3 is 2.54 bits per heavy atom. The van der Waals surface area contributed by atoms with Crippen molar-refractivity contribution in [1.82, 2.24) is 29.5 Å². The molecule has 3 aliphatic heterocycles. The highest BCUT2D eigenvalue weighted by atomic mass is 19.1. The van der Waals surface area contributed by atoms with E-state index >= 15 is 0 Å². The molecule has 2 aromatic heterocycles. The van der Waals surface area contributed by atoms with Crippen molar-refractivity contribution >= 4 is 28.9 Å². The van der Waals surface area contributed by atoms with Gasteiger partial charge in [-0.15, -0.1) is 0 Å². The number of hydrogen-bond acceptors (Lipinski definition) is 8. The Balaban J connectivity index is 0.965. The lowest BCUT2D eigenvalue weighted by atomic mass is 9.85. The second-order valence-corrected chi connectivity index (χ2v) is 14.2. The molecular weight excluding hydrogens is 666 g/mol. The molecule has 0 bridgehead atoms. The van der Waals surface area contributed by atoms with Crippen LogP contribution in [-0.2, 0) is 16.6 Å². The van der Waals surface area contributed by atoms with Gasteiger partial charge in [-0.1, -0.05) is 18.2 Å². The second kappa shape index (κ2) is 14.0. The zero-order valence-electron chi connectivity index (χ0n) is 29.8. The summed E-state index contributed by atoms with van der Waals surface area (Å²) in [6.07, 6.45) is 5.23. The number of halogens is 2. The van der Waals surface area contributed by atoms with Crippen LogP contribution in [0.1, 0.15) is 55.5 Å². The SMILES string of the molecule is Cc1ccc(N2CC[C@]3(CCN(CC(=O)N4CC=C(c5ccc(-c6ncn(C)n6)c(F)c5)CC4)C3)C2=O)nc1C(=N)c1ccc(OC(C)C)c(F)c1. The molecule has 2 fully saturated rings. The van der Waals surface area contributed by atoms with Crippen molar-refractivity contribution in [2.24, 2.45) is 12.5 Å². The predicted molar refractivity (Wildman–Crippen MR) is 193 cm³/mol. The molecule has 0 saturated carbocycles. The molecular formula is C39H42F2N8O3. The maximum absolute atomic E-state index is 14.9. The molecule has 2 aromatic carbocycles. The van der Waals surface area contributed by atoms with Crippen LogP contribution in [0.4, 0.5) is 14.6 Å². The Morgan fingerprint density at radius 2 is 1.85 bits per heavy atom. The Hall–Kier alpha value is -5.30. The number of rotatable bonds is 9. The summed E-state index contributed by atoms with van der Waals surface area (Å²) in [5.74, 6) is -0.0437. The highest BCUT2D eigenvalue weighted by Gasteiger charge is 2.51. The average Bonchev–Trinajstić information content (AvgIpc) is 3.84. The number of nitrogens with zero attached hydrogens (tertiary/aromatic N) is 7. The normalized spacial score (nSPS) is 19.2. The largest absolute Gasteiger partial charge is 0.488 e. The fourth-order valence-corrected chi connectivity index (χ4v) is 7.38. The number of pyridine rings is 1. The molecule has 3 aliphatic rings. The Morgan fingerprint density at radius 1 is 1.04 bits per heavy atom. The fourth-order valence-electron chi connectivity index (χ4n) is 7.38. The smallest absolute Gasteiger partial charge is 0.237 e. The topological polar surface area (TPSA) is 121 Å². The third kappa shape index (κ3) is 6.84. The van der Waals surface area contributed by atoms with E-state index in [2.05, 4.69) is 15.0 Å². The van der Waals surface area contributed by atoms with Gasteiger partial charge in [-0.2, -0.15) is 5.10 Å². The van der Waals surface area contributed by atoms with E-state index in [9.17, 15) is 18.4 Å². The molecule has 2 amide bonds. The number of carbonyl (C=O) groups excluding carboxylic acids is 2. The zero-order chi connectivity index (χ0) is 36.7. The number of hydrogen-bond donors (Lipinski definition) is 1. The van der Waals surface area contributed by atoms with Crippen LogP contribution in [0.5, 0.6) is 5.75 Å². The first-order chi connectivity index (χ1) is 24.9. The molecule has 1 N–H and O–H groups in total. The van der Waals surface area contributed by atoms with Gasteiger partial charge in [0.05, 0.1) is 35.0 Å². The molecule has 11 nitrogen and oxygen atoms in total. The zero-order valence-corrected chi connectivity index (χ0v) is 29.8. The maximum Gasteiger partial charge on any atom is 0.237 e. The molecule has 1 atom stereocenters. The minimum Gasteiger partial charge on any atom is -0.488 e. The lowest BCUT2D eigenvalue weighted by molar-refractivity contribution is -0.132. The molecule has 0 radical (unpaired) electrons. The van der Waals surface area contributed by atoms with Gasteiger partial charge in [-0.3, -0.25) is 29.5 Å². The van der Waals surface area contributed by atoms with Gasteiger partial charge in [-0.25, -0.2) is 18.7 Å². The van der Waals surface area contributed by atoms with Crippen molar-refractivity contribution in [3.05, 3.63) is 95.0 Å². The summed E-state index contributed by atoms with van der Waals surface area (Å²) in [6.45, 7) is 8.27. The van der Waals surface area contributed by atoms with Gasteiger partial charge in [0.15, 0.2) is 17.4 Å². The van der Waals surface area contributed by atoms with Gasteiger partial charge >= 0.3 is 0 Å². The number of benzene rings is 2. The van der Waals surface area contributed by atoms with Gasteiger partial charge in [0.2, 0.25) is 11.8 Å². The number of nitrogens with one attached hydrogen (secondary N) is 1. The van der Waals surface area contributed by atoms with Crippen molar-refractivity contribution in [3.8, 4) is 17.1 Å². The molecule has 0 aliphatic carbocycles. The quantitative estimate of drug-likeness (QED) is 0.231. The van der Waals surface area contributed by atoms with Gasteiger partial charge < -0.3 is 9.64 Å². The number of ether oxygens (including phenoxy) is 1. The molecule has 270 valence electrons. The molecule has 4 aromatic rings. The van der Waals surface area contributed by atoms with Crippen LogP contribution < -0.4 is 9.64 Å². The number of aromatic nitrogens is 4. The van der Waals surface area contributed by atoms with Gasteiger partial charge in [0.25, 0.3) is 0 Å². The first kappa shape index (κ1) is 35.1. The fraction of sp³-hybridized carbons (Fsp3) is 0.385. The molecule has 7 rings (SSSR count). The van der Waals surface area contributed by atoms with Crippen LogP contribution in [0.3, 0.4) is 0 Å². The van der Waals surface area contributed by atoms with Gasteiger partial charge in [-0.05, 0) is 99.7 Å². The van der Waals surface area contributed by atoms with E-state index in [1.165, 1.54) is 29.2 Å². The van der Waals surface area contributed by atoms with Crippen molar-refractivity contribution < 1.29 is 23.1 Å². The highest BCUT2D eigenvalue weighted by molar-refractivity contribution is 6.11. The number of carbonyl (C=O) groups is 2. The second-order valence-electron chi connectivity index (χ2n) is 14.2. The van der Waals surface area contributed by atoms with E-state index in [0.717, 1.165) is 16.7 Å². The van der Waals surface area contributed by atoms with E-state index in [-0.39, 0.29) is 41.7 Å². The third-order valence-electron chi connectivity index (χ3n) is 10.2. The molecule has 2 saturated heterocycles. The summed E-state index contributed by atoms with van der Waals surface area (Å²) >= 11 is 0. The number of likely N-dealkylation sites (tertiary alicyclic amines) is 1. The summed E-state index contributed by atoms with van der Waals surface area (Å²) in [7, 11) is 1.73. The monoisotopic (exact) mass is 708 g/mol. The van der Waals surface area contributed by atoms with Crippen molar-refractivity contribution in [3.63, 3.8) is 0 Å². The molecule has 1 spiro atoms. The van der Waals surface area contributed by atoms with Crippen LogP contribution in [0.25, 0.3) is 17.0 Å². The predicted octanol–water partition coefficient (Wildman–Crippen LogP) is 5.41. The number of anilines is 1. The van der Waals surface area contributed by atoms with Gasteiger partial charge in [0, 0.05) is 38.8 Å². The van der Waals surface area contributed by atoms with Crippen molar-refractivity contribution in [2.75, 3.05) is 44.2 Å². The summed E-state index contributed by atoms with van der Waals surface area (Å²) in [4.78, 5) is 41.8. The molecule has 5 heterocycles. The first-order valence-corrected chi connectivity index (χ1v) is 17.6. The standard InChI is InChI=1S/C39H42F2N8O3/c1-24(2)52-32-9-7-28(20-31(32)41)35(42)36-25(3)5-10-33(44-36)49-18-14-39(38(49)51)13-17-47(22-39)21-34(50)48-15-11-26(12-16-48)27-6-8-29(30(40)19-27)37-43-23-46(4)45-37/h5-11,19-20,23-24,42H,12-18,21-22H2,1-4H3/t39-/m0/s1. The van der Waals surface area contributed by atoms with Crippen LogP contribution in [0.2, 0.25) is 0 Å². The van der Waals surface area contributed by atoms with E-state index in [1.54, 1.807) is 30.1 Å². The summed E-state index contributed by atoms with van der Waals surface area (Å²) < 4.78 is 36.7. The molecule has 13 heteroatoms. The first-order valence-electron chi connectivity index (χ1n) is 17.6. The summed E-state index contributed by atoms with van der Waals surface area (Å²) in [6, 6.07) is 13.1. The Labute approximate surface area is 301 Å². The maximum atomic E-state index is 14.9. The Bertz CT molecular complexity index is 2100. The summed E-state index contributed by atoms with van der Waals surface area (Å²) in [5, 5.41) is 13.0. The lowest BCUT2D eigenvalue weighted by Gasteiger charge is -2.29. The van der Waals surface area contributed by atoms with Gasteiger partial charge in [0.1, 0.15) is 18.0 Å². The van der Waals surface area contributed by atoms with Crippen LogP contribution in [0.15, 0.2) is 60.9 Å². The average molecular weight is 709 g/mol. The number of aryl methyl sites for hydroxylation is 2. The number of amides is 2. The molecule has 52 heavy (non-hydrogen) atoms. The van der Waals surface area contributed by atoms with E-state index in [1.807, 2.05) is 43.9 Å². The van der Waals surface area contributed by atoms with Crippen LogP contribution in [0, 0.1) is 29.4 Å². The minimum absolute atomic E-state index is 0.000926. The minimum atomic E-state index is -0.605. The lowest BCUT2D eigenvalue weighted by Crippen LogP contribution is -2.43. The molecule has 0 unspecified atom stereocenters.